The molecule has 2 N–H and O–H groups in total. The second-order valence-corrected chi connectivity index (χ2v) is 3.12. The second kappa shape index (κ2) is 5.62. The molecule has 1 rings (SSSR count). The summed E-state index contributed by atoms with van der Waals surface area (Å²) in [7, 11) is 0. The zero-order chi connectivity index (χ0) is 10.4. The van der Waals surface area contributed by atoms with Crippen LogP contribution >= 0.6 is 0 Å². The number of aromatic nitrogens is 2. The van der Waals surface area contributed by atoms with E-state index >= 15 is 0 Å². The average molecular weight is 183 g/mol. The van der Waals surface area contributed by atoms with Crippen LogP contribution in [0, 0.1) is 13.8 Å². The van der Waals surface area contributed by atoms with Crippen molar-refractivity contribution in [3.8, 4) is 0 Å². The number of rotatable bonds is 2. The minimum atomic E-state index is 0.441. The minimum absolute atomic E-state index is 0.441. The predicted octanol–water partition coefficient (Wildman–Crippen LogP) is 2.87. The molecule has 0 atom stereocenters. The number of aryl methyl sites for hydroxylation is 1. The Kier molecular flexibility index (Phi) is 5.19. The monoisotopic (exact) mass is 183 g/mol. The minimum Gasteiger partial charge on any atom is -0.366 e. The average Bonchev–Trinajstić information content (AvgIpc) is 2.39. The van der Waals surface area contributed by atoms with Crippen molar-refractivity contribution in [3.05, 3.63) is 11.3 Å². The van der Waals surface area contributed by atoms with Gasteiger partial charge in [0.15, 0.2) is 5.82 Å². The van der Waals surface area contributed by atoms with Crippen LogP contribution in [0.2, 0.25) is 0 Å². The first-order valence-corrected chi connectivity index (χ1v) is 4.89. The zero-order valence-electron chi connectivity index (χ0n) is 9.52. The molecule has 0 saturated carbocycles. The lowest BCUT2D eigenvalue weighted by Gasteiger charge is -2.06. The van der Waals surface area contributed by atoms with Gasteiger partial charge in [-0.2, -0.15) is 5.10 Å². The molecule has 0 fully saturated rings. The van der Waals surface area contributed by atoms with Gasteiger partial charge in [0.25, 0.3) is 0 Å². The predicted molar refractivity (Wildman–Crippen MR) is 58.2 cm³/mol. The lowest BCUT2D eigenvalue weighted by Crippen LogP contribution is -2.10. The van der Waals surface area contributed by atoms with Crippen molar-refractivity contribution in [2.24, 2.45) is 0 Å². The third kappa shape index (κ3) is 3.49. The van der Waals surface area contributed by atoms with E-state index in [1.165, 1.54) is 5.56 Å². The fourth-order valence-corrected chi connectivity index (χ4v) is 0.899. The third-order valence-electron chi connectivity index (χ3n) is 1.68. The first-order chi connectivity index (χ1) is 6.11. The molecular formula is C10H21N3. The van der Waals surface area contributed by atoms with Crippen LogP contribution in [0.25, 0.3) is 0 Å². The standard InChI is InChI=1S/C8H15N3.C2H6/c1-5(2)9-8-6(3)7(4)10-11-8;1-2/h5H,1-4H3,(H2,9,10,11);1-2H3. The van der Waals surface area contributed by atoms with Gasteiger partial charge in [0.05, 0.1) is 0 Å². The summed E-state index contributed by atoms with van der Waals surface area (Å²) in [6, 6.07) is 0.441. The first kappa shape index (κ1) is 12.0. The van der Waals surface area contributed by atoms with Crippen LogP contribution in [0.4, 0.5) is 5.82 Å². The van der Waals surface area contributed by atoms with Crippen LogP contribution in [0.3, 0.4) is 0 Å². The van der Waals surface area contributed by atoms with Gasteiger partial charge >= 0.3 is 0 Å². The van der Waals surface area contributed by atoms with Crippen molar-refractivity contribution < 1.29 is 0 Å². The van der Waals surface area contributed by atoms with Crippen LogP contribution in [0.1, 0.15) is 39.0 Å². The molecular weight excluding hydrogens is 162 g/mol. The second-order valence-electron chi connectivity index (χ2n) is 3.12. The summed E-state index contributed by atoms with van der Waals surface area (Å²) in [5, 5.41) is 10.3. The van der Waals surface area contributed by atoms with Crippen molar-refractivity contribution in [3.63, 3.8) is 0 Å². The highest BCUT2D eigenvalue weighted by atomic mass is 15.2. The number of nitrogens with zero attached hydrogens (tertiary/aromatic N) is 1. The van der Waals surface area contributed by atoms with Crippen molar-refractivity contribution in [2.75, 3.05) is 5.32 Å². The van der Waals surface area contributed by atoms with Gasteiger partial charge in [0.2, 0.25) is 0 Å². The largest absolute Gasteiger partial charge is 0.366 e. The number of hydrogen-bond acceptors (Lipinski definition) is 2. The third-order valence-corrected chi connectivity index (χ3v) is 1.68. The van der Waals surface area contributed by atoms with Gasteiger partial charge in [-0.1, -0.05) is 13.8 Å². The maximum Gasteiger partial charge on any atom is 0.151 e. The maximum atomic E-state index is 4.12. The highest BCUT2D eigenvalue weighted by molar-refractivity contribution is 5.45. The number of nitrogens with one attached hydrogen (secondary N) is 2. The van der Waals surface area contributed by atoms with Gasteiger partial charge in [0, 0.05) is 17.3 Å². The lowest BCUT2D eigenvalue weighted by atomic mass is 10.2. The molecule has 1 heterocycles. The van der Waals surface area contributed by atoms with Crippen molar-refractivity contribution in [2.45, 2.75) is 47.6 Å². The number of hydrogen-bond donors (Lipinski definition) is 2. The Morgan fingerprint density at radius 1 is 1.23 bits per heavy atom. The number of H-pyrrole nitrogens is 1. The van der Waals surface area contributed by atoms with Gasteiger partial charge < -0.3 is 5.32 Å². The van der Waals surface area contributed by atoms with Crippen molar-refractivity contribution in [1.82, 2.24) is 10.2 Å². The highest BCUT2D eigenvalue weighted by Crippen LogP contribution is 2.14. The molecule has 1 aromatic rings. The Hall–Kier alpha value is -0.990. The Morgan fingerprint density at radius 2 is 1.77 bits per heavy atom. The van der Waals surface area contributed by atoms with E-state index in [2.05, 4.69) is 36.3 Å². The lowest BCUT2D eigenvalue weighted by molar-refractivity contribution is 0.882. The summed E-state index contributed by atoms with van der Waals surface area (Å²) in [6.45, 7) is 12.3. The number of aromatic amines is 1. The molecule has 3 heteroatoms. The van der Waals surface area contributed by atoms with Gasteiger partial charge in [-0.05, 0) is 27.7 Å². The Bertz CT molecular complexity index is 238. The van der Waals surface area contributed by atoms with E-state index in [4.69, 9.17) is 0 Å². The summed E-state index contributed by atoms with van der Waals surface area (Å²) in [6.07, 6.45) is 0. The summed E-state index contributed by atoms with van der Waals surface area (Å²) in [5.74, 6) is 0.970. The fraction of sp³-hybridized carbons (Fsp3) is 0.700. The molecule has 0 spiro atoms. The van der Waals surface area contributed by atoms with Gasteiger partial charge in [0.1, 0.15) is 0 Å². The molecule has 0 bridgehead atoms. The fourth-order valence-electron chi connectivity index (χ4n) is 0.899. The quantitative estimate of drug-likeness (QED) is 0.740. The van der Waals surface area contributed by atoms with Gasteiger partial charge in [-0.15, -0.1) is 0 Å². The molecule has 0 aliphatic rings. The SMILES string of the molecule is CC.Cc1[nH]nc(NC(C)C)c1C. The van der Waals surface area contributed by atoms with Crippen molar-refractivity contribution in [1.29, 1.82) is 0 Å². The van der Waals surface area contributed by atoms with E-state index in [9.17, 15) is 0 Å². The van der Waals surface area contributed by atoms with Gasteiger partial charge in [-0.25, -0.2) is 0 Å². The van der Waals surface area contributed by atoms with Crippen LogP contribution < -0.4 is 5.32 Å². The van der Waals surface area contributed by atoms with E-state index in [1.807, 2.05) is 20.8 Å². The Labute approximate surface area is 80.9 Å². The van der Waals surface area contributed by atoms with Gasteiger partial charge in [-0.3, -0.25) is 5.10 Å². The molecule has 0 amide bonds. The van der Waals surface area contributed by atoms with E-state index in [-0.39, 0.29) is 0 Å². The van der Waals surface area contributed by atoms with Crippen LogP contribution in [-0.2, 0) is 0 Å². The normalized spacial score (nSPS) is 9.46. The summed E-state index contributed by atoms with van der Waals surface area (Å²) in [5.41, 5.74) is 2.34. The summed E-state index contributed by atoms with van der Waals surface area (Å²) >= 11 is 0. The Morgan fingerprint density at radius 3 is 2.08 bits per heavy atom. The molecule has 0 aliphatic carbocycles. The van der Waals surface area contributed by atoms with E-state index in [1.54, 1.807) is 0 Å². The molecule has 76 valence electrons. The van der Waals surface area contributed by atoms with E-state index < -0.39 is 0 Å². The molecule has 0 radical (unpaired) electrons. The Balaban J connectivity index is 0.000000671. The highest BCUT2D eigenvalue weighted by Gasteiger charge is 2.04. The van der Waals surface area contributed by atoms with Crippen LogP contribution in [-0.4, -0.2) is 16.2 Å². The molecule has 3 nitrogen and oxygen atoms in total. The molecule has 0 saturated heterocycles. The topological polar surface area (TPSA) is 40.7 Å². The smallest absolute Gasteiger partial charge is 0.151 e. The first-order valence-electron chi connectivity index (χ1n) is 4.89. The molecule has 0 unspecified atom stereocenters. The van der Waals surface area contributed by atoms with Crippen LogP contribution in [0.15, 0.2) is 0 Å². The summed E-state index contributed by atoms with van der Waals surface area (Å²) < 4.78 is 0. The molecule has 0 aromatic carbocycles. The number of anilines is 1. The van der Waals surface area contributed by atoms with E-state index in [0.29, 0.717) is 6.04 Å². The van der Waals surface area contributed by atoms with Crippen LogP contribution in [0.5, 0.6) is 0 Å². The molecule has 1 aromatic heterocycles. The van der Waals surface area contributed by atoms with E-state index in [0.717, 1.165) is 11.5 Å². The maximum absolute atomic E-state index is 4.12. The summed E-state index contributed by atoms with van der Waals surface area (Å²) in [4.78, 5) is 0. The zero-order valence-corrected chi connectivity index (χ0v) is 9.52. The van der Waals surface area contributed by atoms with Crippen molar-refractivity contribution >= 4 is 5.82 Å². The molecule has 13 heavy (non-hydrogen) atoms. The molecule has 0 aliphatic heterocycles.